The molecule has 2 aromatic rings. The van der Waals surface area contributed by atoms with Crippen LogP contribution in [0.1, 0.15) is 32.2 Å². The van der Waals surface area contributed by atoms with E-state index in [4.69, 9.17) is 16.3 Å². The molecule has 0 saturated carbocycles. The van der Waals surface area contributed by atoms with E-state index in [1.807, 2.05) is 19.1 Å². The van der Waals surface area contributed by atoms with Gasteiger partial charge in [0.05, 0.1) is 0 Å². The normalized spacial score (nSPS) is 11.5. The van der Waals surface area contributed by atoms with E-state index < -0.39 is 0 Å². The molecule has 0 spiro atoms. The summed E-state index contributed by atoms with van der Waals surface area (Å²) >= 11 is 9.34. The van der Waals surface area contributed by atoms with E-state index in [9.17, 15) is 0 Å². The van der Waals surface area contributed by atoms with Crippen molar-refractivity contribution in [1.29, 1.82) is 0 Å². The SMILES string of the molecule is Cc1cc(Cl)ccc1Oc1cc(Br)nc(C(C)(C)C)n1. The van der Waals surface area contributed by atoms with Gasteiger partial charge in [0.25, 0.3) is 0 Å². The van der Waals surface area contributed by atoms with Gasteiger partial charge in [-0.05, 0) is 46.6 Å². The Morgan fingerprint density at radius 3 is 2.45 bits per heavy atom. The fourth-order valence-electron chi connectivity index (χ4n) is 1.62. The number of rotatable bonds is 2. The molecule has 0 aliphatic rings. The monoisotopic (exact) mass is 354 g/mol. The van der Waals surface area contributed by atoms with Gasteiger partial charge in [-0.2, -0.15) is 4.98 Å². The summed E-state index contributed by atoms with van der Waals surface area (Å²) in [7, 11) is 0. The third-order valence-electron chi connectivity index (χ3n) is 2.69. The van der Waals surface area contributed by atoms with Crippen LogP contribution < -0.4 is 4.74 Å². The van der Waals surface area contributed by atoms with Crippen molar-refractivity contribution in [2.24, 2.45) is 0 Å². The van der Waals surface area contributed by atoms with Crippen molar-refractivity contribution >= 4 is 27.5 Å². The molecule has 0 fully saturated rings. The predicted molar refractivity (Wildman–Crippen MR) is 84.7 cm³/mol. The van der Waals surface area contributed by atoms with Gasteiger partial charge in [0.2, 0.25) is 5.88 Å². The van der Waals surface area contributed by atoms with Gasteiger partial charge in [0.1, 0.15) is 16.2 Å². The summed E-state index contributed by atoms with van der Waals surface area (Å²) < 4.78 is 6.55. The molecule has 0 unspecified atom stereocenters. The highest BCUT2D eigenvalue weighted by Gasteiger charge is 2.19. The van der Waals surface area contributed by atoms with Crippen LogP contribution in [0.3, 0.4) is 0 Å². The van der Waals surface area contributed by atoms with Crippen LogP contribution in [0.5, 0.6) is 11.6 Å². The molecule has 1 heterocycles. The number of hydrogen-bond donors (Lipinski definition) is 0. The second kappa shape index (κ2) is 5.70. The summed E-state index contributed by atoms with van der Waals surface area (Å²) in [5.74, 6) is 1.98. The Kier molecular flexibility index (Phi) is 4.35. The Hall–Kier alpha value is -1.13. The second-order valence-electron chi connectivity index (χ2n) is 5.61. The first kappa shape index (κ1) is 15.3. The molecule has 0 aliphatic heterocycles. The molecule has 20 heavy (non-hydrogen) atoms. The zero-order valence-corrected chi connectivity index (χ0v) is 14.2. The third-order valence-corrected chi connectivity index (χ3v) is 3.34. The molecule has 5 heteroatoms. The van der Waals surface area contributed by atoms with Crippen LogP contribution in [-0.2, 0) is 5.41 Å². The average molecular weight is 356 g/mol. The lowest BCUT2D eigenvalue weighted by molar-refractivity contribution is 0.442. The largest absolute Gasteiger partial charge is 0.439 e. The minimum Gasteiger partial charge on any atom is -0.439 e. The number of halogens is 2. The molecule has 0 saturated heterocycles. The van der Waals surface area contributed by atoms with Gasteiger partial charge in [-0.3, -0.25) is 0 Å². The summed E-state index contributed by atoms with van der Waals surface area (Å²) in [5, 5.41) is 0.689. The molecule has 1 aromatic carbocycles. The van der Waals surface area contributed by atoms with E-state index in [0.29, 0.717) is 15.5 Å². The van der Waals surface area contributed by atoms with E-state index >= 15 is 0 Å². The lowest BCUT2D eigenvalue weighted by Crippen LogP contribution is -2.16. The smallest absolute Gasteiger partial charge is 0.223 e. The van der Waals surface area contributed by atoms with Crippen molar-refractivity contribution in [1.82, 2.24) is 9.97 Å². The van der Waals surface area contributed by atoms with Gasteiger partial charge in [-0.15, -0.1) is 0 Å². The Labute approximate surface area is 132 Å². The maximum atomic E-state index is 5.94. The molecular formula is C15H16BrClN2O. The van der Waals surface area contributed by atoms with Gasteiger partial charge in [0, 0.05) is 16.5 Å². The van der Waals surface area contributed by atoms with Crippen LogP contribution in [0.15, 0.2) is 28.9 Å². The van der Waals surface area contributed by atoms with Gasteiger partial charge in [-0.25, -0.2) is 4.98 Å². The highest BCUT2D eigenvalue weighted by molar-refractivity contribution is 9.10. The number of benzene rings is 1. The number of aryl methyl sites for hydroxylation is 1. The first-order valence-electron chi connectivity index (χ1n) is 6.25. The van der Waals surface area contributed by atoms with Gasteiger partial charge in [-0.1, -0.05) is 32.4 Å². The number of nitrogens with zero attached hydrogens (tertiary/aromatic N) is 2. The Balaban J connectivity index is 2.36. The van der Waals surface area contributed by atoms with E-state index in [2.05, 4.69) is 46.7 Å². The van der Waals surface area contributed by atoms with E-state index in [1.165, 1.54) is 0 Å². The topological polar surface area (TPSA) is 35.0 Å². The molecule has 2 rings (SSSR count). The Morgan fingerprint density at radius 2 is 1.85 bits per heavy atom. The van der Waals surface area contributed by atoms with E-state index in [0.717, 1.165) is 17.1 Å². The molecular weight excluding hydrogens is 340 g/mol. The van der Waals surface area contributed by atoms with Crippen LogP contribution >= 0.6 is 27.5 Å². The minimum absolute atomic E-state index is 0.142. The van der Waals surface area contributed by atoms with Gasteiger partial charge < -0.3 is 4.74 Å². The molecule has 0 radical (unpaired) electrons. The predicted octanol–water partition coefficient (Wildman–Crippen LogP) is 5.29. The summed E-state index contributed by atoms with van der Waals surface area (Å²) in [6, 6.07) is 7.25. The van der Waals surface area contributed by atoms with Gasteiger partial charge in [0.15, 0.2) is 0 Å². The standard InChI is InChI=1S/C15H16BrClN2O/c1-9-7-10(17)5-6-11(9)20-13-8-12(16)18-14(19-13)15(2,3)4/h5-8H,1-4H3. The van der Waals surface area contributed by atoms with Crippen LogP contribution in [0.2, 0.25) is 5.02 Å². The molecule has 0 atom stereocenters. The lowest BCUT2D eigenvalue weighted by atomic mass is 9.96. The quantitative estimate of drug-likeness (QED) is 0.686. The van der Waals surface area contributed by atoms with Crippen molar-refractivity contribution < 1.29 is 4.74 Å². The molecule has 0 bridgehead atoms. The maximum Gasteiger partial charge on any atom is 0.223 e. The van der Waals surface area contributed by atoms with E-state index in [1.54, 1.807) is 12.1 Å². The van der Waals surface area contributed by atoms with Crippen molar-refractivity contribution in [2.75, 3.05) is 0 Å². The zero-order valence-electron chi connectivity index (χ0n) is 11.9. The highest BCUT2D eigenvalue weighted by atomic mass is 79.9. The number of ether oxygens (including phenoxy) is 1. The van der Waals surface area contributed by atoms with Crippen molar-refractivity contribution in [3.63, 3.8) is 0 Å². The van der Waals surface area contributed by atoms with Crippen molar-refractivity contribution in [2.45, 2.75) is 33.1 Å². The Morgan fingerprint density at radius 1 is 1.15 bits per heavy atom. The van der Waals surface area contributed by atoms with Crippen molar-refractivity contribution in [3.05, 3.63) is 45.3 Å². The second-order valence-corrected chi connectivity index (χ2v) is 6.86. The van der Waals surface area contributed by atoms with Crippen LogP contribution in [-0.4, -0.2) is 9.97 Å². The summed E-state index contributed by atoms with van der Waals surface area (Å²) in [6.45, 7) is 8.13. The zero-order chi connectivity index (χ0) is 14.9. The molecule has 0 amide bonds. The Bertz CT molecular complexity index is 638. The third kappa shape index (κ3) is 3.70. The van der Waals surface area contributed by atoms with Crippen LogP contribution in [0, 0.1) is 6.92 Å². The first-order valence-corrected chi connectivity index (χ1v) is 7.42. The van der Waals surface area contributed by atoms with Crippen molar-refractivity contribution in [3.8, 4) is 11.6 Å². The molecule has 3 nitrogen and oxygen atoms in total. The molecule has 106 valence electrons. The highest BCUT2D eigenvalue weighted by Crippen LogP contribution is 2.29. The fraction of sp³-hybridized carbons (Fsp3) is 0.333. The molecule has 0 N–H and O–H groups in total. The fourth-order valence-corrected chi connectivity index (χ4v) is 2.22. The van der Waals surface area contributed by atoms with Gasteiger partial charge >= 0.3 is 0 Å². The lowest BCUT2D eigenvalue weighted by Gasteiger charge is -2.17. The summed E-state index contributed by atoms with van der Waals surface area (Å²) in [6.07, 6.45) is 0. The summed E-state index contributed by atoms with van der Waals surface area (Å²) in [5.41, 5.74) is 0.821. The minimum atomic E-state index is -0.142. The number of hydrogen-bond acceptors (Lipinski definition) is 3. The van der Waals surface area contributed by atoms with E-state index in [-0.39, 0.29) is 5.41 Å². The molecule has 1 aromatic heterocycles. The average Bonchev–Trinajstić information content (AvgIpc) is 2.31. The number of aromatic nitrogens is 2. The summed E-state index contributed by atoms with van der Waals surface area (Å²) in [4.78, 5) is 8.86. The van der Waals surface area contributed by atoms with Crippen LogP contribution in [0.25, 0.3) is 0 Å². The van der Waals surface area contributed by atoms with Crippen LogP contribution in [0.4, 0.5) is 0 Å². The maximum absolute atomic E-state index is 5.94. The molecule has 0 aliphatic carbocycles. The first-order chi connectivity index (χ1) is 9.25.